The summed E-state index contributed by atoms with van der Waals surface area (Å²) in [5, 5.41) is 0.481. The summed E-state index contributed by atoms with van der Waals surface area (Å²) in [7, 11) is 0. The summed E-state index contributed by atoms with van der Waals surface area (Å²) >= 11 is 9.05. The molecule has 0 aliphatic heterocycles. The van der Waals surface area contributed by atoms with Crippen molar-refractivity contribution in [2.45, 2.75) is 0 Å². The Morgan fingerprint density at radius 2 is 2.42 bits per heavy atom. The van der Waals surface area contributed by atoms with Gasteiger partial charge in [-0.1, -0.05) is 23.8 Å². The topological polar surface area (TPSA) is 38.9 Å². The Morgan fingerprint density at radius 3 is 3.08 bits per heavy atom. The first-order valence-corrected chi connectivity index (χ1v) is 4.59. The molecule has 0 aliphatic rings. The van der Waals surface area contributed by atoms with Gasteiger partial charge in [-0.3, -0.25) is 0 Å². The molecule has 1 heterocycles. The van der Waals surface area contributed by atoms with E-state index in [1.54, 1.807) is 12.3 Å². The number of rotatable bonds is 2. The maximum Gasteiger partial charge on any atom is 0.129 e. The summed E-state index contributed by atoms with van der Waals surface area (Å²) in [4.78, 5) is 3.90. The van der Waals surface area contributed by atoms with Gasteiger partial charge in [-0.25, -0.2) is 4.98 Å². The second-order valence-electron chi connectivity index (χ2n) is 2.17. The van der Waals surface area contributed by atoms with Crippen molar-refractivity contribution < 1.29 is 0 Å². The Balaban J connectivity index is 2.97. The lowest BCUT2D eigenvalue weighted by Gasteiger charge is -1.97. The van der Waals surface area contributed by atoms with Gasteiger partial charge in [-0.2, -0.15) is 0 Å². The van der Waals surface area contributed by atoms with Crippen LogP contribution in [0, 0.1) is 0 Å². The monoisotopic (exact) mass is 246 g/mol. The van der Waals surface area contributed by atoms with Crippen LogP contribution < -0.4 is 5.73 Å². The molecule has 12 heavy (non-hydrogen) atoms. The van der Waals surface area contributed by atoms with E-state index >= 15 is 0 Å². The van der Waals surface area contributed by atoms with Crippen molar-refractivity contribution in [2.24, 2.45) is 5.73 Å². The zero-order chi connectivity index (χ0) is 8.97. The molecule has 2 N–H and O–H groups in total. The summed E-state index contributed by atoms with van der Waals surface area (Å²) in [6.45, 7) is 0.520. The lowest BCUT2D eigenvalue weighted by Crippen LogP contribution is -1.92. The zero-order valence-electron chi connectivity index (χ0n) is 6.30. The average molecular weight is 248 g/mol. The molecule has 0 aliphatic carbocycles. The maximum absolute atomic E-state index is 5.70. The quantitative estimate of drug-likeness (QED) is 0.816. The van der Waals surface area contributed by atoms with Crippen LogP contribution in [0.15, 0.2) is 22.8 Å². The van der Waals surface area contributed by atoms with E-state index in [2.05, 4.69) is 20.9 Å². The van der Waals surface area contributed by atoms with Gasteiger partial charge in [-0.15, -0.1) is 0 Å². The van der Waals surface area contributed by atoms with Crippen LogP contribution in [-0.4, -0.2) is 11.5 Å². The third-order valence-electron chi connectivity index (χ3n) is 1.29. The zero-order valence-corrected chi connectivity index (χ0v) is 8.64. The summed E-state index contributed by atoms with van der Waals surface area (Å²) in [5.41, 5.74) is 6.30. The fraction of sp³-hybridized carbons (Fsp3) is 0.125. The predicted octanol–water partition coefficient (Wildman–Crippen LogP) is 2.47. The second-order valence-corrected chi connectivity index (χ2v) is 3.41. The molecule has 0 saturated carbocycles. The first-order valence-electron chi connectivity index (χ1n) is 3.41. The first kappa shape index (κ1) is 9.71. The minimum Gasteiger partial charge on any atom is -0.327 e. The molecule has 0 saturated heterocycles. The van der Waals surface area contributed by atoms with Crippen molar-refractivity contribution in [2.75, 3.05) is 6.54 Å². The smallest absolute Gasteiger partial charge is 0.129 e. The number of halogens is 2. The largest absolute Gasteiger partial charge is 0.327 e. The fourth-order valence-corrected chi connectivity index (χ4v) is 1.27. The lowest BCUT2D eigenvalue weighted by atomic mass is 10.2. The molecule has 2 nitrogen and oxygen atoms in total. The van der Waals surface area contributed by atoms with Crippen molar-refractivity contribution >= 4 is 33.6 Å². The maximum atomic E-state index is 5.70. The molecule has 0 atom stereocenters. The summed E-state index contributed by atoms with van der Waals surface area (Å²) in [6, 6.07) is 1.78. The van der Waals surface area contributed by atoms with Crippen molar-refractivity contribution in [1.29, 1.82) is 0 Å². The molecule has 0 fully saturated rings. The van der Waals surface area contributed by atoms with Gasteiger partial charge in [-0.05, 0) is 27.6 Å². The number of nitrogens with zero attached hydrogens (tertiary/aromatic N) is 1. The molecule has 0 amide bonds. The van der Waals surface area contributed by atoms with Gasteiger partial charge < -0.3 is 5.73 Å². The van der Waals surface area contributed by atoms with Gasteiger partial charge in [0.1, 0.15) is 5.15 Å². The van der Waals surface area contributed by atoms with Gasteiger partial charge in [0.25, 0.3) is 0 Å². The Labute approximate surface area is 84.6 Å². The van der Waals surface area contributed by atoms with Gasteiger partial charge in [0.05, 0.1) is 0 Å². The van der Waals surface area contributed by atoms with Crippen LogP contribution >= 0.6 is 27.5 Å². The third-order valence-corrected chi connectivity index (χ3v) is 2.15. The Morgan fingerprint density at radius 1 is 1.67 bits per heavy atom. The predicted molar refractivity (Wildman–Crippen MR) is 55.0 cm³/mol. The van der Waals surface area contributed by atoms with E-state index in [0.29, 0.717) is 11.7 Å². The molecular weight excluding hydrogens is 239 g/mol. The van der Waals surface area contributed by atoms with Crippen molar-refractivity contribution in [3.63, 3.8) is 0 Å². The Kier molecular flexibility index (Phi) is 3.72. The van der Waals surface area contributed by atoms with Crippen LogP contribution in [0.2, 0.25) is 5.15 Å². The average Bonchev–Trinajstić information content (AvgIpc) is 2.07. The van der Waals surface area contributed by atoms with Crippen LogP contribution in [0.4, 0.5) is 0 Å². The van der Waals surface area contributed by atoms with Crippen molar-refractivity contribution in [1.82, 2.24) is 4.98 Å². The van der Waals surface area contributed by atoms with E-state index in [-0.39, 0.29) is 0 Å². The summed E-state index contributed by atoms with van der Waals surface area (Å²) in [6.07, 6.45) is 5.42. The normalized spacial score (nSPS) is 10.9. The number of hydrogen-bond donors (Lipinski definition) is 1. The minimum atomic E-state index is 0.481. The summed E-state index contributed by atoms with van der Waals surface area (Å²) in [5.74, 6) is 0. The van der Waals surface area contributed by atoms with E-state index in [9.17, 15) is 0 Å². The van der Waals surface area contributed by atoms with E-state index < -0.39 is 0 Å². The van der Waals surface area contributed by atoms with Crippen molar-refractivity contribution in [3.8, 4) is 0 Å². The molecule has 0 radical (unpaired) electrons. The second kappa shape index (κ2) is 4.60. The standard InChI is InChI=1S/C8H8BrClN2/c9-7-5-12-8(10)4-6(7)2-1-3-11/h1-2,4-5H,3,11H2/b2-1+. The summed E-state index contributed by atoms with van der Waals surface area (Å²) < 4.78 is 0.914. The number of pyridine rings is 1. The molecule has 0 unspecified atom stereocenters. The van der Waals surface area contributed by atoms with Crippen LogP contribution in [0.5, 0.6) is 0 Å². The molecule has 0 bridgehead atoms. The highest BCUT2D eigenvalue weighted by molar-refractivity contribution is 9.10. The molecular formula is C8H8BrClN2. The molecule has 0 spiro atoms. The molecule has 64 valence electrons. The molecule has 1 rings (SSSR count). The Bertz CT molecular complexity index is 299. The van der Waals surface area contributed by atoms with Crippen LogP contribution in [-0.2, 0) is 0 Å². The van der Waals surface area contributed by atoms with Crippen LogP contribution in [0.3, 0.4) is 0 Å². The van der Waals surface area contributed by atoms with Crippen LogP contribution in [0.1, 0.15) is 5.56 Å². The molecule has 4 heteroatoms. The number of nitrogens with two attached hydrogens (primary N) is 1. The van der Waals surface area contributed by atoms with E-state index in [4.69, 9.17) is 17.3 Å². The van der Waals surface area contributed by atoms with Gasteiger partial charge >= 0.3 is 0 Å². The highest BCUT2D eigenvalue weighted by atomic mass is 79.9. The van der Waals surface area contributed by atoms with E-state index in [1.165, 1.54) is 0 Å². The van der Waals surface area contributed by atoms with E-state index in [0.717, 1.165) is 10.0 Å². The van der Waals surface area contributed by atoms with E-state index in [1.807, 2.05) is 12.2 Å². The van der Waals surface area contributed by atoms with Gasteiger partial charge in [0.2, 0.25) is 0 Å². The van der Waals surface area contributed by atoms with Crippen molar-refractivity contribution in [3.05, 3.63) is 33.5 Å². The lowest BCUT2D eigenvalue weighted by molar-refractivity contribution is 1.26. The third kappa shape index (κ3) is 2.59. The first-order chi connectivity index (χ1) is 5.74. The number of hydrogen-bond acceptors (Lipinski definition) is 2. The van der Waals surface area contributed by atoms with Crippen LogP contribution in [0.25, 0.3) is 6.08 Å². The molecule has 1 aromatic rings. The van der Waals surface area contributed by atoms with Gasteiger partial charge in [0, 0.05) is 17.2 Å². The fourth-order valence-electron chi connectivity index (χ4n) is 0.750. The number of aromatic nitrogens is 1. The Hall–Kier alpha value is -0.380. The van der Waals surface area contributed by atoms with Gasteiger partial charge in [0.15, 0.2) is 0 Å². The SMILES string of the molecule is NC/C=C/c1cc(Cl)ncc1Br. The minimum absolute atomic E-state index is 0.481. The highest BCUT2D eigenvalue weighted by Gasteiger charge is 1.96. The molecule has 1 aromatic heterocycles. The highest BCUT2D eigenvalue weighted by Crippen LogP contribution is 2.19. The molecule has 0 aromatic carbocycles.